The Bertz CT molecular complexity index is 618. The van der Waals surface area contributed by atoms with Gasteiger partial charge in [0.25, 0.3) is 0 Å². The number of likely N-dealkylation sites (tertiary alicyclic amines) is 1. The molecule has 2 aliphatic rings. The van der Waals surface area contributed by atoms with E-state index in [4.69, 9.17) is 10.5 Å². The molecule has 3 N–H and O–H groups in total. The average Bonchev–Trinajstić information content (AvgIpc) is 3.15. The van der Waals surface area contributed by atoms with E-state index in [0.717, 1.165) is 43.5 Å². The predicted molar refractivity (Wildman–Crippen MR) is 121 cm³/mol. The number of fused-ring (bicyclic) bond motifs is 1. The van der Waals surface area contributed by atoms with Gasteiger partial charge >= 0.3 is 6.01 Å². The van der Waals surface area contributed by atoms with Crippen molar-refractivity contribution in [3.8, 4) is 6.01 Å². The van der Waals surface area contributed by atoms with Gasteiger partial charge in [0, 0.05) is 6.54 Å². The Kier molecular flexibility index (Phi) is 8.65. The molecule has 0 atom stereocenters. The molecule has 7 nitrogen and oxygen atoms in total. The molecule has 0 amide bonds. The predicted octanol–water partition coefficient (Wildman–Crippen LogP) is 4.11. The highest BCUT2D eigenvalue weighted by atomic mass is 16.5. The molecule has 2 aliphatic heterocycles. The SMILES string of the molecule is CCCCOc1nc(N)c2c(n1)N(CCCCCCC1CCN(CC)CC1)CN2. The van der Waals surface area contributed by atoms with Gasteiger partial charge in [-0.2, -0.15) is 9.97 Å². The lowest BCUT2D eigenvalue weighted by Gasteiger charge is -2.31. The van der Waals surface area contributed by atoms with Gasteiger partial charge in [-0.3, -0.25) is 0 Å². The summed E-state index contributed by atoms with van der Waals surface area (Å²) in [6.07, 6.45) is 11.5. The molecule has 29 heavy (non-hydrogen) atoms. The molecule has 0 saturated carbocycles. The van der Waals surface area contributed by atoms with Crippen LogP contribution in [-0.4, -0.2) is 54.3 Å². The number of hydrogen-bond acceptors (Lipinski definition) is 7. The Labute approximate surface area is 176 Å². The summed E-state index contributed by atoms with van der Waals surface area (Å²) in [6.45, 7) is 10.6. The molecular formula is C22H40N6O. The number of rotatable bonds is 12. The first-order valence-electron chi connectivity index (χ1n) is 11.7. The summed E-state index contributed by atoms with van der Waals surface area (Å²) in [5.41, 5.74) is 6.95. The van der Waals surface area contributed by atoms with Crippen molar-refractivity contribution in [2.75, 3.05) is 55.4 Å². The van der Waals surface area contributed by atoms with Crippen molar-refractivity contribution in [2.24, 2.45) is 5.92 Å². The fraction of sp³-hybridized carbons (Fsp3) is 0.818. The van der Waals surface area contributed by atoms with E-state index in [-0.39, 0.29) is 0 Å². The van der Waals surface area contributed by atoms with Crippen molar-refractivity contribution in [1.82, 2.24) is 14.9 Å². The quantitative estimate of drug-likeness (QED) is 0.508. The number of hydrogen-bond donors (Lipinski definition) is 2. The molecule has 1 fully saturated rings. The maximum Gasteiger partial charge on any atom is 0.320 e. The number of ether oxygens (including phenoxy) is 1. The number of nitrogens with zero attached hydrogens (tertiary/aromatic N) is 4. The topological polar surface area (TPSA) is 79.5 Å². The Hall–Kier alpha value is -1.76. The summed E-state index contributed by atoms with van der Waals surface area (Å²) >= 11 is 0. The molecule has 0 aliphatic carbocycles. The molecule has 1 aromatic rings. The zero-order chi connectivity index (χ0) is 20.5. The van der Waals surface area contributed by atoms with Gasteiger partial charge in [0.05, 0.1) is 13.3 Å². The van der Waals surface area contributed by atoms with Gasteiger partial charge in [0.1, 0.15) is 5.69 Å². The van der Waals surface area contributed by atoms with Crippen molar-refractivity contribution in [3.63, 3.8) is 0 Å². The molecule has 1 saturated heterocycles. The second kappa shape index (κ2) is 11.4. The van der Waals surface area contributed by atoms with Crippen LogP contribution in [0.1, 0.15) is 71.6 Å². The Balaban J connectivity index is 1.35. The molecular weight excluding hydrogens is 364 g/mol. The maximum atomic E-state index is 6.10. The van der Waals surface area contributed by atoms with Crippen molar-refractivity contribution in [1.29, 1.82) is 0 Å². The van der Waals surface area contributed by atoms with Crippen molar-refractivity contribution < 1.29 is 4.74 Å². The summed E-state index contributed by atoms with van der Waals surface area (Å²) < 4.78 is 5.67. The lowest BCUT2D eigenvalue weighted by Crippen LogP contribution is -2.33. The largest absolute Gasteiger partial charge is 0.463 e. The van der Waals surface area contributed by atoms with Crippen LogP contribution in [0.2, 0.25) is 0 Å². The third-order valence-electron chi connectivity index (χ3n) is 6.32. The second-order valence-electron chi connectivity index (χ2n) is 8.47. The fourth-order valence-corrected chi connectivity index (χ4v) is 4.33. The molecule has 1 aromatic heterocycles. The minimum atomic E-state index is 0.400. The molecule has 0 radical (unpaired) electrons. The monoisotopic (exact) mass is 404 g/mol. The van der Waals surface area contributed by atoms with Gasteiger partial charge in [-0.1, -0.05) is 46.0 Å². The van der Waals surface area contributed by atoms with Crippen LogP contribution in [0, 0.1) is 5.92 Å². The summed E-state index contributed by atoms with van der Waals surface area (Å²) in [5.74, 6) is 2.34. The normalized spacial score (nSPS) is 17.4. The highest BCUT2D eigenvalue weighted by Gasteiger charge is 2.24. The van der Waals surface area contributed by atoms with E-state index >= 15 is 0 Å². The van der Waals surface area contributed by atoms with Crippen LogP contribution in [0.3, 0.4) is 0 Å². The molecule has 7 heteroatoms. The molecule has 0 aromatic carbocycles. The van der Waals surface area contributed by atoms with E-state index in [1.165, 1.54) is 64.6 Å². The molecule has 0 unspecified atom stereocenters. The molecule has 0 spiro atoms. The number of aromatic nitrogens is 2. The third-order valence-corrected chi connectivity index (χ3v) is 6.32. The first kappa shape index (κ1) is 21.9. The summed E-state index contributed by atoms with van der Waals surface area (Å²) in [5, 5.41) is 3.33. The third kappa shape index (κ3) is 6.36. The van der Waals surface area contributed by atoms with E-state index in [0.29, 0.717) is 18.4 Å². The Morgan fingerprint density at radius 2 is 1.86 bits per heavy atom. The van der Waals surface area contributed by atoms with Crippen LogP contribution in [0.4, 0.5) is 17.3 Å². The Morgan fingerprint density at radius 3 is 2.62 bits per heavy atom. The van der Waals surface area contributed by atoms with Crippen LogP contribution in [0.25, 0.3) is 0 Å². The van der Waals surface area contributed by atoms with E-state index in [1.54, 1.807) is 0 Å². The standard InChI is InChI=1S/C22H40N6O/c1-3-5-16-29-22-25-20(23)19-21(26-22)28(17-24-19)13-9-7-6-8-10-18-11-14-27(4-2)15-12-18/h18,24H,3-17H2,1-2H3,(H2,23,25,26). The summed E-state index contributed by atoms with van der Waals surface area (Å²) in [7, 11) is 0. The molecule has 3 heterocycles. The number of unbranched alkanes of at least 4 members (excludes halogenated alkanes) is 4. The van der Waals surface area contributed by atoms with E-state index in [9.17, 15) is 0 Å². The lowest BCUT2D eigenvalue weighted by atomic mass is 9.91. The van der Waals surface area contributed by atoms with E-state index in [1.807, 2.05) is 0 Å². The fourth-order valence-electron chi connectivity index (χ4n) is 4.33. The highest BCUT2D eigenvalue weighted by Crippen LogP contribution is 2.35. The van der Waals surface area contributed by atoms with Gasteiger partial charge in [-0.15, -0.1) is 0 Å². The molecule has 0 bridgehead atoms. The molecule has 3 rings (SSSR count). The van der Waals surface area contributed by atoms with Gasteiger partial charge in [0.15, 0.2) is 11.6 Å². The smallest absolute Gasteiger partial charge is 0.320 e. The number of anilines is 3. The summed E-state index contributed by atoms with van der Waals surface area (Å²) in [6, 6.07) is 0.400. The number of nitrogens with two attached hydrogens (primary N) is 1. The first-order chi connectivity index (χ1) is 14.2. The highest BCUT2D eigenvalue weighted by molar-refractivity contribution is 5.80. The summed E-state index contributed by atoms with van der Waals surface area (Å²) in [4.78, 5) is 13.7. The number of piperidine rings is 1. The van der Waals surface area contributed by atoms with Crippen molar-refractivity contribution in [2.45, 2.75) is 71.6 Å². The zero-order valence-electron chi connectivity index (χ0n) is 18.5. The average molecular weight is 405 g/mol. The maximum absolute atomic E-state index is 6.10. The first-order valence-corrected chi connectivity index (χ1v) is 11.7. The zero-order valence-corrected chi connectivity index (χ0v) is 18.5. The van der Waals surface area contributed by atoms with Crippen LogP contribution < -0.4 is 20.7 Å². The number of nitrogen functional groups attached to an aromatic ring is 1. The van der Waals surface area contributed by atoms with Gasteiger partial charge in [-0.05, 0) is 51.2 Å². The van der Waals surface area contributed by atoms with Gasteiger partial charge in [0.2, 0.25) is 0 Å². The van der Waals surface area contributed by atoms with Crippen LogP contribution >= 0.6 is 0 Å². The van der Waals surface area contributed by atoms with Gasteiger partial charge < -0.3 is 25.6 Å². The van der Waals surface area contributed by atoms with Crippen LogP contribution in [0.5, 0.6) is 6.01 Å². The minimum Gasteiger partial charge on any atom is -0.463 e. The van der Waals surface area contributed by atoms with Gasteiger partial charge in [-0.25, -0.2) is 0 Å². The van der Waals surface area contributed by atoms with E-state index < -0.39 is 0 Å². The van der Waals surface area contributed by atoms with E-state index in [2.05, 4.69) is 38.9 Å². The Morgan fingerprint density at radius 1 is 1.07 bits per heavy atom. The van der Waals surface area contributed by atoms with Crippen molar-refractivity contribution in [3.05, 3.63) is 0 Å². The lowest BCUT2D eigenvalue weighted by molar-refractivity contribution is 0.184. The van der Waals surface area contributed by atoms with Crippen LogP contribution in [0.15, 0.2) is 0 Å². The number of nitrogens with one attached hydrogen (secondary N) is 1. The minimum absolute atomic E-state index is 0.400. The van der Waals surface area contributed by atoms with Crippen molar-refractivity contribution >= 4 is 17.3 Å². The van der Waals surface area contributed by atoms with Crippen LogP contribution in [-0.2, 0) is 0 Å². The molecule has 164 valence electrons. The second-order valence-corrected chi connectivity index (χ2v) is 8.47.